The quantitative estimate of drug-likeness (QED) is 0.147. The van der Waals surface area contributed by atoms with Crippen LogP contribution in [-0.2, 0) is 38.2 Å². The van der Waals surface area contributed by atoms with Crippen LogP contribution in [0.25, 0.3) is 0 Å². The summed E-state index contributed by atoms with van der Waals surface area (Å²) in [5.41, 5.74) is 4.89. The highest BCUT2D eigenvalue weighted by atomic mass is 32.2. The largest absolute Gasteiger partial charge is 0.462 e. The maximum Gasteiger partial charge on any atom is 0.404 e. The maximum atomic E-state index is 13.0. The van der Waals surface area contributed by atoms with Crippen molar-refractivity contribution in [3.8, 4) is 0 Å². The molecule has 0 radical (unpaired) electrons. The van der Waals surface area contributed by atoms with Gasteiger partial charge in [0.2, 0.25) is 12.0 Å². The highest BCUT2D eigenvalue weighted by molar-refractivity contribution is 8.00. The van der Waals surface area contributed by atoms with Gasteiger partial charge in [-0.25, -0.2) is 9.59 Å². The van der Waals surface area contributed by atoms with E-state index in [1.807, 2.05) is 0 Å². The van der Waals surface area contributed by atoms with Crippen LogP contribution in [-0.4, -0.2) is 77.6 Å². The van der Waals surface area contributed by atoms with Gasteiger partial charge in [-0.1, -0.05) is 5.16 Å². The smallest absolute Gasteiger partial charge is 0.404 e. The molecule has 1 saturated heterocycles. The zero-order chi connectivity index (χ0) is 25.7. The molecule has 35 heavy (non-hydrogen) atoms. The van der Waals surface area contributed by atoms with E-state index >= 15 is 0 Å². The van der Waals surface area contributed by atoms with Crippen molar-refractivity contribution < 1.29 is 47.4 Å². The third kappa shape index (κ3) is 5.74. The Morgan fingerprint density at radius 3 is 2.69 bits per heavy atom. The van der Waals surface area contributed by atoms with E-state index in [-0.39, 0.29) is 35.1 Å². The number of rotatable bonds is 9. The third-order valence-electron chi connectivity index (χ3n) is 4.67. The van der Waals surface area contributed by atoms with Crippen LogP contribution in [0.4, 0.5) is 4.79 Å². The molecule has 2 aliphatic heterocycles. The molecule has 14 nitrogen and oxygen atoms in total. The zero-order valence-electron chi connectivity index (χ0n) is 18.8. The molecule has 3 atom stereocenters. The Kier molecular flexibility index (Phi) is 8.01. The van der Waals surface area contributed by atoms with Crippen LogP contribution < -0.4 is 11.1 Å². The summed E-state index contributed by atoms with van der Waals surface area (Å²) in [6.45, 7) is 2.09. The van der Waals surface area contributed by atoms with E-state index in [1.54, 1.807) is 6.07 Å². The minimum Gasteiger partial charge on any atom is -0.462 e. The number of primary amides is 1. The predicted octanol–water partition coefficient (Wildman–Crippen LogP) is -0.168. The monoisotopic (exact) mass is 510 g/mol. The Balaban J connectivity index is 1.80. The number of ether oxygens (including phenoxy) is 3. The molecule has 3 rings (SSSR count). The lowest BCUT2D eigenvalue weighted by Crippen LogP contribution is -2.71. The van der Waals surface area contributed by atoms with Gasteiger partial charge in [0, 0.05) is 25.2 Å². The van der Waals surface area contributed by atoms with Gasteiger partial charge in [-0.15, -0.1) is 11.8 Å². The number of esters is 2. The molecule has 1 fully saturated rings. The van der Waals surface area contributed by atoms with E-state index < -0.39 is 47.6 Å². The number of nitrogens with zero attached hydrogens (tertiary/aromatic N) is 2. The Morgan fingerprint density at radius 2 is 2.09 bits per heavy atom. The van der Waals surface area contributed by atoms with E-state index in [9.17, 15) is 24.0 Å². The summed E-state index contributed by atoms with van der Waals surface area (Å²) in [4.78, 5) is 66.7. The molecule has 2 unspecified atom stereocenters. The first-order valence-corrected chi connectivity index (χ1v) is 11.1. The van der Waals surface area contributed by atoms with E-state index in [4.69, 9.17) is 29.2 Å². The number of carbonyl (C=O) groups excluding carboxylic acids is 5. The van der Waals surface area contributed by atoms with Crippen molar-refractivity contribution in [2.24, 2.45) is 10.9 Å². The van der Waals surface area contributed by atoms with Crippen LogP contribution in [0.5, 0.6) is 0 Å². The number of hydrogen-bond acceptors (Lipinski definition) is 12. The number of amides is 3. The van der Waals surface area contributed by atoms with Crippen molar-refractivity contribution in [3.63, 3.8) is 0 Å². The van der Waals surface area contributed by atoms with Crippen LogP contribution >= 0.6 is 11.8 Å². The molecule has 0 bridgehead atoms. The average Bonchev–Trinajstić information content (AvgIpc) is 3.32. The molecule has 0 aliphatic carbocycles. The minimum atomic E-state index is -1.24. The number of oxime groups is 1. The number of β-lactam (4-membered cyclic amide) rings is 1. The molecule has 3 N–H and O–H groups in total. The Labute approximate surface area is 202 Å². The molecule has 1 aromatic heterocycles. The zero-order valence-corrected chi connectivity index (χ0v) is 19.7. The lowest BCUT2D eigenvalue weighted by atomic mass is 10.0. The van der Waals surface area contributed by atoms with Crippen LogP contribution in [0, 0.1) is 0 Å². The molecular weight excluding hydrogens is 488 g/mol. The van der Waals surface area contributed by atoms with Gasteiger partial charge in [0.1, 0.15) is 30.8 Å². The summed E-state index contributed by atoms with van der Waals surface area (Å²) < 4.78 is 19.9. The fourth-order valence-electron chi connectivity index (χ4n) is 3.32. The lowest BCUT2D eigenvalue weighted by molar-refractivity contribution is -0.182. The van der Waals surface area contributed by atoms with E-state index in [0.717, 1.165) is 11.8 Å². The number of thioether (sulfide) groups is 1. The molecule has 2 aliphatic rings. The van der Waals surface area contributed by atoms with Gasteiger partial charge in [0.05, 0.1) is 6.26 Å². The number of nitrogens with two attached hydrogens (primary N) is 1. The van der Waals surface area contributed by atoms with Crippen molar-refractivity contribution in [3.05, 3.63) is 35.4 Å². The van der Waals surface area contributed by atoms with Gasteiger partial charge in [0.15, 0.2) is 5.76 Å². The summed E-state index contributed by atoms with van der Waals surface area (Å²) in [6, 6.07) is 2.03. The number of carbonyl (C=O) groups is 5. The highest BCUT2D eigenvalue weighted by Gasteiger charge is 2.55. The predicted molar refractivity (Wildman–Crippen MR) is 117 cm³/mol. The summed E-state index contributed by atoms with van der Waals surface area (Å²) >= 11 is 1.21. The van der Waals surface area contributed by atoms with Gasteiger partial charge in [0.25, 0.3) is 11.8 Å². The average molecular weight is 510 g/mol. The first-order chi connectivity index (χ1) is 16.6. The summed E-state index contributed by atoms with van der Waals surface area (Å²) in [5.74, 6) is -2.75. The second-order valence-corrected chi connectivity index (χ2v) is 8.21. The van der Waals surface area contributed by atoms with Crippen molar-refractivity contribution in [2.75, 3.05) is 19.5 Å². The number of hydrogen-bond donors (Lipinski definition) is 2. The molecule has 3 amide bonds. The lowest BCUT2D eigenvalue weighted by Gasteiger charge is -2.49. The number of fused-ring (bicyclic) bond motifs is 1. The molecule has 0 spiro atoms. The van der Waals surface area contributed by atoms with Gasteiger partial charge >= 0.3 is 18.0 Å². The van der Waals surface area contributed by atoms with Crippen LogP contribution in [0.1, 0.15) is 19.6 Å². The first kappa shape index (κ1) is 25.6. The Morgan fingerprint density at radius 1 is 1.34 bits per heavy atom. The molecule has 0 aromatic carbocycles. The number of furan rings is 1. The molecular formula is C20H22N4O10S. The normalized spacial score (nSPS) is 20.3. The molecule has 1 aromatic rings. The fourth-order valence-corrected chi connectivity index (χ4v) is 4.65. The van der Waals surface area contributed by atoms with Crippen LogP contribution in [0.15, 0.2) is 39.2 Å². The molecule has 0 saturated carbocycles. The molecule has 188 valence electrons. The van der Waals surface area contributed by atoms with Crippen molar-refractivity contribution in [1.29, 1.82) is 0 Å². The van der Waals surface area contributed by atoms with Crippen molar-refractivity contribution in [2.45, 2.75) is 31.6 Å². The summed E-state index contributed by atoms with van der Waals surface area (Å²) in [6.07, 6.45) is -0.976. The molecule has 15 heteroatoms. The standard InChI is InChI=1S/C20H22N4O10S/c1-9(25)33-10(2)34-19(28)15-11(7-32-20(21)29)8-35-18-14(17(27)24(15)18)22-16(26)13(23-30-3)12-5-4-6-31-12/h4-6,10,14,18H,7-8H2,1-3H3,(H2,21,29)(H,22,26)/t10?,14?,18-/m0/s1. The molecule has 3 heterocycles. The van der Waals surface area contributed by atoms with E-state index in [1.165, 1.54) is 38.1 Å². The van der Waals surface area contributed by atoms with Gasteiger partial charge in [-0.2, -0.15) is 0 Å². The van der Waals surface area contributed by atoms with E-state index in [0.29, 0.717) is 0 Å². The number of nitrogens with one attached hydrogen (secondary N) is 1. The minimum absolute atomic E-state index is 0.124. The second kappa shape index (κ2) is 10.9. The summed E-state index contributed by atoms with van der Waals surface area (Å²) in [5, 5.41) is 5.53. The fraction of sp³-hybridized carbons (Fsp3) is 0.400. The third-order valence-corrected chi connectivity index (χ3v) is 6.01. The van der Waals surface area contributed by atoms with Crippen molar-refractivity contribution in [1.82, 2.24) is 10.2 Å². The topological polar surface area (TPSA) is 189 Å². The highest BCUT2D eigenvalue weighted by Crippen LogP contribution is 2.41. The Bertz CT molecular complexity index is 1080. The van der Waals surface area contributed by atoms with Gasteiger partial charge in [-0.05, 0) is 12.1 Å². The second-order valence-electron chi connectivity index (χ2n) is 7.10. The SMILES string of the molecule is CON=C(C(=O)NC1C(=O)N2C(C(=O)OC(C)OC(C)=O)=C(COC(N)=O)CS[C@@H]12)c1ccco1. The maximum absolute atomic E-state index is 13.0. The Hall–Kier alpha value is -4.01. The van der Waals surface area contributed by atoms with Crippen LogP contribution in [0.3, 0.4) is 0 Å². The van der Waals surface area contributed by atoms with Gasteiger partial charge in [-0.3, -0.25) is 19.3 Å². The van der Waals surface area contributed by atoms with E-state index in [2.05, 4.69) is 10.5 Å². The first-order valence-electron chi connectivity index (χ1n) is 10.1. The van der Waals surface area contributed by atoms with Crippen LogP contribution in [0.2, 0.25) is 0 Å². The summed E-state index contributed by atoms with van der Waals surface area (Å²) in [7, 11) is 1.25. The van der Waals surface area contributed by atoms with Crippen molar-refractivity contribution >= 4 is 47.3 Å². The van der Waals surface area contributed by atoms with Gasteiger partial charge < -0.3 is 34.5 Å².